The molecule has 1 aromatic heterocycles. The largest absolute Gasteiger partial charge is 0.419 e. The molecule has 1 amide bonds. The van der Waals surface area contributed by atoms with E-state index in [4.69, 9.17) is 0 Å². The zero-order valence-corrected chi connectivity index (χ0v) is 15.0. The highest BCUT2D eigenvalue weighted by molar-refractivity contribution is 5.90. The third kappa shape index (κ3) is 5.45. The molecule has 1 aliphatic carbocycles. The van der Waals surface area contributed by atoms with Crippen LogP contribution in [0.15, 0.2) is 36.7 Å². The van der Waals surface area contributed by atoms with E-state index >= 15 is 0 Å². The molecule has 4 nitrogen and oxygen atoms in total. The molecule has 156 valence electrons. The summed E-state index contributed by atoms with van der Waals surface area (Å²) >= 11 is 0. The molecule has 29 heavy (non-hydrogen) atoms. The number of carbonyl (C=O) groups is 1. The zero-order chi connectivity index (χ0) is 21.2. The van der Waals surface area contributed by atoms with Crippen molar-refractivity contribution >= 4 is 5.91 Å². The fourth-order valence-corrected chi connectivity index (χ4v) is 3.32. The molecule has 1 N–H and O–H groups in total. The molecule has 1 heterocycles. The monoisotopic (exact) mass is 417 g/mol. The molecule has 0 unspecified atom stereocenters. The number of alkyl halides is 6. The average Bonchev–Trinajstić information content (AvgIpc) is 2.62. The molecule has 0 spiro atoms. The van der Waals surface area contributed by atoms with Crippen LogP contribution in [0, 0.1) is 11.8 Å². The van der Waals surface area contributed by atoms with Gasteiger partial charge in [-0.3, -0.25) is 4.79 Å². The van der Waals surface area contributed by atoms with E-state index < -0.39 is 29.4 Å². The van der Waals surface area contributed by atoms with Crippen LogP contribution >= 0.6 is 0 Å². The molecular weight excluding hydrogens is 400 g/mol. The Bertz CT molecular complexity index is 857. The summed E-state index contributed by atoms with van der Waals surface area (Å²) in [6.45, 7) is 0.308. The van der Waals surface area contributed by atoms with Crippen LogP contribution in [0.5, 0.6) is 0 Å². The Morgan fingerprint density at radius 3 is 2.17 bits per heavy atom. The molecular formula is C19H17F6N3O. The molecule has 1 aromatic carbocycles. The maximum absolute atomic E-state index is 12.8. The van der Waals surface area contributed by atoms with E-state index in [-0.39, 0.29) is 17.7 Å². The smallest absolute Gasteiger partial charge is 0.349 e. The Hall–Kier alpha value is -2.65. The van der Waals surface area contributed by atoms with Crippen molar-refractivity contribution in [2.75, 3.05) is 6.54 Å². The summed E-state index contributed by atoms with van der Waals surface area (Å²) in [6, 6.07) is 5.23. The SMILES string of the molecule is O=C(NCC1CC(Cc2cccc(C(F)(F)F)c2)C1)c1ncc(C(F)(F)F)cn1. The van der Waals surface area contributed by atoms with Gasteiger partial charge in [0.05, 0.1) is 11.1 Å². The van der Waals surface area contributed by atoms with Gasteiger partial charge in [-0.15, -0.1) is 0 Å². The minimum absolute atomic E-state index is 0.157. The first kappa shape index (κ1) is 21.1. The van der Waals surface area contributed by atoms with Crippen molar-refractivity contribution in [2.24, 2.45) is 11.8 Å². The number of benzene rings is 1. The fraction of sp³-hybridized carbons (Fsp3) is 0.421. The molecule has 0 aliphatic heterocycles. The van der Waals surface area contributed by atoms with Crippen molar-refractivity contribution in [3.8, 4) is 0 Å². The van der Waals surface area contributed by atoms with Gasteiger partial charge in [0, 0.05) is 18.9 Å². The van der Waals surface area contributed by atoms with Gasteiger partial charge in [0.2, 0.25) is 5.82 Å². The topological polar surface area (TPSA) is 54.9 Å². The number of hydrogen-bond acceptors (Lipinski definition) is 3. The Labute approximate surface area is 162 Å². The van der Waals surface area contributed by atoms with Crippen molar-refractivity contribution < 1.29 is 31.1 Å². The third-order valence-electron chi connectivity index (χ3n) is 4.85. The Kier molecular flexibility index (Phi) is 5.81. The van der Waals surface area contributed by atoms with Crippen molar-refractivity contribution in [3.63, 3.8) is 0 Å². The van der Waals surface area contributed by atoms with E-state index in [0.717, 1.165) is 25.0 Å². The fourth-order valence-electron chi connectivity index (χ4n) is 3.32. The van der Waals surface area contributed by atoms with Gasteiger partial charge in [-0.1, -0.05) is 18.2 Å². The number of carbonyl (C=O) groups excluding carboxylic acids is 1. The van der Waals surface area contributed by atoms with E-state index in [1.54, 1.807) is 6.07 Å². The normalized spacial score (nSPS) is 19.5. The maximum atomic E-state index is 12.8. The average molecular weight is 417 g/mol. The number of nitrogens with zero attached hydrogens (tertiary/aromatic N) is 2. The van der Waals surface area contributed by atoms with Gasteiger partial charge < -0.3 is 5.32 Å². The van der Waals surface area contributed by atoms with Crippen LogP contribution in [0.2, 0.25) is 0 Å². The van der Waals surface area contributed by atoms with E-state index in [1.807, 2.05) is 0 Å². The first-order chi connectivity index (χ1) is 13.5. The Balaban J connectivity index is 1.44. The van der Waals surface area contributed by atoms with Gasteiger partial charge in [-0.25, -0.2) is 9.97 Å². The summed E-state index contributed by atoms with van der Waals surface area (Å²) in [6.07, 6.45) is -5.84. The van der Waals surface area contributed by atoms with Crippen molar-refractivity contribution in [1.82, 2.24) is 15.3 Å². The lowest BCUT2D eigenvalue weighted by atomic mass is 9.72. The second kappa shape index (κ2) is 8.00. The predicted octanol–water partition coefficient (Wildman–Crippen LogP) is 4.51. The maximum Gasteiger partial charge on any atom is 0.419 e. The zero-order valence-electron chi connectivity index (χ0n) is 15.0. The van der Waals surface area contributed by atoms with Crippen LogP contribution in [-0.2, 0) is 18.8 Å². The number of amides is 1. The molecule has 3 rings (SSSR count). The summed E-state index contributed by atoms with van der Waals surface area (Å²) in [5, 5.41) is 2.58. The lowest BCUT2D eigenvalue weighted by Gasteiger charge is -2.35. The molecule has 1 fully saturated rings. The molecule has 0 bridgehead atoms. The second-order valence-corrected chi connectivity index (χ2v) is 7.11. The molecule has 1 aliphatic rings. The highest BCUT2D eigenvalue weighted by Gasteiger charge is 2.33. The molecule has 0 saturated heterocycles. The van der Waals surface area contributed by atoms with Crippen LogP contribution < -0.4 is 5.32 Å². The van der Waals surface area contributed by atoms with Crippen molar-refractivity contribution in [2.45, 2.75) is 31.6 Å². The summed E-state index contributed by atoms with van der Waals surface area (Å²) in [7, 11) is 0. The summed E-state index contributed by atoms with van der Waals surface area (Å²) in [5.74, 6) is -0.634. The van der Waals surface area contributed by atoms with Gasteiger partial charge in [0.1, 0.15) is 0 Å². The van der Waals surface area contributed by atoms with Crippen LogP contribution in [0.4, 0.5) is 26.3 Å². The number of nitrogens with one attached hydrogen (secondary N) is 1. The van der Waals surface area contributed by atoms with E-state index in [0.29, 0.717) is 30.9 Å². The van der Waals surface area contributed by atoms with Gasteiger partial charge in [-0.2, -0.15) is 26.3 Å². The molecule has 1 saturated carbocycles. The highest BCUT2D eigenvalue weighted by atomic mass is 19.4. The molecule has 10 heteroatoms. The van der Waals surface area contributed by atoms with Crippen LogP contribution in [-0.4, -0.2) is 22.4 Å². The first-order valence-corrected chi connectivity index (χ1v) is 8.86. The quantitative estimate of drug-likeness (QED) is 0.729. The first-order valence-electron chi connectivity index (χ1n) is 8.86. The third-order valence-corrected chi connectivity index (χ3v) is 4.85. The number of rotatable bonds is 5. The summed E-state index contributed by atoms with van der Waals surface area (Å²) < 4.78 is 75.7. The van der Waals surface area contributed by atoms with Gasteiger partial charge >= 0.3 is 12.4 Å². The number of hydrogen-bond donors (Lipinski definition) is 1. The van der Waals surface area contributed by atoms with Gasteiger partial charge in [-0.05, 0) is 42.7 Å². The van der Waals surface area contributed by atoms with Crippen LogP contribution in [0.25, 0.3) is 0 Å². The highest BCUT2D eigenvalue weighted by Crippen LogP contribution is 2.37. The lowest BCUT2D eigenvalue weighted by molar-refractivity contribution is -0.138. The van der Waals surface area contributed by atoms with E-state index in [9.17, 15) is 31.1 Å². The van der Waals surface area contributed by atoms with Crippen LogP contribution in [0.3, 0.4) is 0 Å². The van der Waals surface area contributed by atoms with Crippen molar-refractivity contribution in [1.29, 1.82) is 0 Å². The standard InChI is InChI=1S/C19H17F6N3O/c20-18(21,22)14-3-1-2-11(7-14)4-12-5-13(6-12)8-28-17(29)16-26-9-15(10-27-16)19(23,24)25/h1-3,7,9-10,12-13H,4-6,8H2,(H,28,29). The Morgan fingerprint density at radius 1 is 0.966 bits per heavy atom. The van der Waals surface area contributed by atoms with E-state index in [1.165, 1.54) is 6.07 Å². The van der Waals surface area contributed by atoms with Gasteiger partial charge in [0.25, 0.3) is 5.91 Å². The predicted molar refractivity (Wildman–Crippen MR) is 90.7 cm³/mol. The van der Waals surface area contributed by atoms with E-state index in [2.05, 4.69) is 15.3 Å². The minimum atomic E-state index is -4.57. The number of halogens is 6. The molecule has 2 aromatic rings. The second-order valence-electron chi connectivity index (χ2n) is 7.11. The number of aromatic nitrogens is 2. The minimum Gasteiger partial charge on any atom is -0.349 e. The Morgan fingerprint density at radius 2 is 1.59 bits per heavy atom. The molecule has 0 radical (unpaired) electrons. The van der Waals surface area contributed by atoms with Crippen LogP contribution in [0.1, 0.15) is 40.2 Å². The van der Waals surface area contributed by atoms with Gasteiger partial charge in [0.15, 0.2) is 0 Å². The molecule has 0 atom stereocenters. The summed E-state index contributed by atoms with van der Waals surface area (Å²) in [4.78, 5) is 18.8. The van der Waals surface area contributed by atoms with Crippen molar-refractivity contribution in [3.05, 3.63) is 59.2 Å². The lowest BCUT2D eigenvalue weighted by Crippen LogP contribution is -2.37. The summed E-state index contributed by atoms with van der Waals surface area (Å²) in [5.41, 5.74) is -1.09.